The Balaban J connectivity index is 0.000000132. The number of aromatic nitrogens is 3. The van der Waals surface area contributed by atoms with Crippen molar-refractivity contribution in [3.63, 3.8) is 0 Å². The summed E-state index contributed by atoms with van der Waals surface area (Å²) in [6, 6.07) is 51.2. The zero-order valence-electron chi connectivity index (χ0n) is 39.2. The van der Waals surface area contributed by atoms with Gasteiger partial charge in [0.25, 0.3) is 0 Å². The molecule has 0 N–H and O–H groups in total. The fourth-order valence-electron chi connectivity index (χ4n) is 7.77. The summed E-state index contributed by atoms with van der Waals surface area (Å²) >= 11 is 0. The third kappa shape index (κ3) is 11.0. The first kappa shape index (κ1) is 48.8. The van der Waals surface area contributed by atoms with Gasteiger partial charge in [-0.15, -0.1) is 0 Å². The van der Waals surface area contributed by atoms with Gasteiger partial charge in [-0.2, -0.15) is 0 Å². The number of methoxy groups -OCH3 is 2. The fraction of sp³-hybridized carbons (Fsp3) is 0.121. The maximum Gasteiger partial charge on any atom is 3.00 e. The van der Waals surface area contributed by atoms with E-state index < -0.39 is 0 Å². The number of nitrogens with zero attached hydrogens (tertiary/aromatic N) is 3. The van der Waals surface area contributed by atoms with Crippen LogP contribution in [0.25, 0.3) is 100.0 Å². The number of hydrogen-bond donors (Lipinski definition) is 0. The first-order chi connectivity index (χ1) is 33.5. The molecule has 0 aliphatic rings. The normalized spacial score (nSPS) is 10.9. The molecule has 0 amide bonds. The van der Waals surface area contributed by atoms with Crippen LogP contribution >= 0.6 is 0 Å². The van der Waals surface area contributed by atoms with E-state index in [1.165, 1.54) is 0 Å². The van der Waals surface area contributed by atoms with Crippen molar-refractivity contribution in [3.05, 3.63) is 180 Å². The molecule has 0 aliphatic heterocycles. The van der Waals surface area contributed by atoms with Crippen LogP contribution in [-0.4, -0.2) is 42.4 Å². The van der Waals surface area contributed by atoms with Crippen molar-refractivity contribution in [3.8, 4) is 51.6 Å². The van der Waals surface area contributed by atoms with Crippen molar-refractivity contribution < 1.29 is 63.9 Å². The molecule has 3 aromatic heterocycles. The second-order valence-corrected chi connectivity index (χ2v) is 16.5. The Kier molecular flexibility index (Phi) is 15.2. The van der Waals surface area contributed by atoms with Crippen LogP contribution in [0.1, 0.15) is 16.7 Å². The Bertz CT molecular complexity index is 3380. The van der Waals surface area contributed by atoms with E-state index in [0.29, 0.717) is 64.3 Å². The van der Waals surface area contributed by atoms with Crippen LogP contribution in [0.3, 0.4) is 0 Å². The van der Waals surface area contributed by atoms with Gasteiger partial charge in [-0.05, 0) is 124 Å². The van der Waals surface area contributed by atoms with Crippen LogP contribution in [0.2, 0.25) is 0 Å². The van der Waals surface area contributed by atoms with Crippen molar-refractivity contribution in [2.24, 2.45) is 0 Å². The van der Waals surface area contributed by atoms with Crippen LogP contribution in [0.5, 0.6) is 17.2 Å². The molecule has 9 aromatic carbocycles. The van der Waals surface area contributed by atoms with Crippen molar-refractivity contribution in [1.29, 1.82) is 0 Å². The van der Waals surface area contributed by atoms with Crippen molar-refractivity contribution >= 4 is 65.6 Å². The van der Waals surface area contributed by atoms with Gasteiger partial charge < -0.3 is 38.0 Å². The van der Waals surface area contributed by atoms with Gasteiger partial charge in [-0.1, -0.05) is 126 Å². The zero-order chi connectivity index (χ0) is 48.0. The van der Waals surface area contributed by atoms with Crippen molar-refractivity contribution in [2.75, 3.05) is 27.4 Å². The number of oxazole rings is 3. The number of hydrogen-bond acceptors (Lipinski definition) is 11. The van der Waals surface area contributed by atoms with E-state index in [9.17, 15) is 15.3 Å². The Hall–Kier alpha value is -7.64. The molecular formula is C58H46N3O8Sc. The third-order valence-corrected chi connectivity index (χ3v) is 11.4. The molecule has 11 nitrogen and oxygen atoms in total. The standard InChI is InChI=1S/3C18H13NO2.C4H10O2.Sc/c3*1-11-6-7-15-17(8-11)21-18(19-15)14-9-12-4-2-3-5-13(12)10-16(14)20;1-5-3-4-6-2;/h3*2-10,20H,1H3;3-4H2,1-2H3;/q;;;;+3/p-3. The molecule has 0 radical (unpaired) electrons. The van der Waals surface area contributed by atoms with E-state index in [1.807, 2.05) is 166 Å². The molecule has 70 heavy (non-hydrogen) atoms. The SMILES string of the molecule is COCCOC.Cc1ccc2nc(-c3cc4ccccc4cc3[O-])oc2c1.Cc1ccc2nc(-c3cc4ccccc4cc3[O-])oc2c1.Cc1ccc2nc(-c3cc4ccccc4cc3[O-])oc2c1.[Sc+3]. The van der Waals surface area contributed by atoms with Gasteiger partial charge in [0.1, 0.15) is 16.6 Å². The predicted octanol–water partition coefficient (Wildman–Crippen LogP) is 12.4. The molecule has 3 heterocycles. The summed E-state index contributed by atoms with van der Waals surface area (Å²) in [6.45, 7) is 7.37. The average Bonchev–Trinajstić information content (AvgIpc) is 4.10. The topological polar surface area (TPSA) is 166 Å². The van der Waals surface area contributed by atoms with Gasteiger partial charge in [0.2, 0.25) is 17.7 Å². The molecular weight excluding hydrogens is 912 g/mol. The van der Waals surface area contributed by atoms with Crippen LogP contribution in [0.15, 0.2) is 177 Å². The minimum Gasteiger partial charge on any atom is -0.872 e. The zero-order valence-corrected chi connectivity index (χ0v) is 41.0. The quantitative estimate of drug-likeness (QED) is 0.146. The second kappa shape index (κ2) is 21.8. The first-order valence-electron chi connectivity index (χ1n) is 22.2. The fourth-order valence-corrected chi connectivity index (χ4v) is 7.77. The van der Waals surface area contributed by atoms with Gasteiger partial charge in [-0.3, -0.25) is 0 Å². The minimum atomic E-state index is -0.0722. The molecule has 12 heteroatoms. The number of fused-ring (bicyclic) bond motifs is 6. The summed E-state index contributed by atoms with van der Waals surface area (Å²) in [5.74, 6) is 0.926. The van der Waals surface area contributed by atoms with Gasteiger partial charge in [0.15, 0.2) is 16.7 Å². The monoisotopic (exact) mass is 957 g/mol. The molecule has 0 bridgehead atoms. The summed E-state index contributed by atoms with van der Waals surface area (Å²) in [7, 11) is 3.30. The minimum absolute atomic E-state index is 0. The Morgan fingerprint density at radius 1 is 0.371 bits per heavy atom. The molecule has 0 saturated carbocycles. The van der Waals surface area contributed by atoms with E-state index in [4.69, 9.17) is 13.3 Å². The third-order valence-electron chi connectivity index (χ3n) is 11.4. The van der Waals surface area contributed by atoms with E-state index in [1.54, 1.807) is 32.4 Å². The molecule has 12 aromatic rings. The van der Waals surface area contributed by atoms with Crippen molar-refractivity contribution in [2.45, 2.75) is 20.8 Å². The predicted molar refractivity (Wildman–Crippen MR) is 267 cm³/mol. The average molecular weight is 958 g/mol. The number of ether oxygens (including phenoxy) is 2. The number of rotatable bonds is 6. The Morgan fingerprint density at radius 3 is 0.886 bits per heavy atom. The van der Waals surface area contributed by atoms with Gasteiger partial charge in [0.05, 0.1) is 13.2 Å². The van der Waals surface area contributed by atoms with Gasteiger partial charge in [-0.25, -0.2) is 15.0 Å². The maximum absolute atomic E-state index is 12.3. The number of benzene rings is 9. The molecule has 0 fully saturated rings. The van der Waals surface area contributed by atoms with E-state index in [0.717, 1.165) is 65.6 Å². The van der Waals surface area contributed by atoms with E-state index in [-0.39, 0.29) is 43.1 Å². The molecule has 0 atom stereocenters. The number of aryl methyl sites for hydroxylation is 3. The molecule has 0 aliphatic carbocycles. The largest absolute Gasteiger partial charge is 3.00 e. The van der Waals surface area contributed by atoms with Crippen molar-refractivity contribution in [1.82, 2.24) is 15.0 Å². The first-order valence-corrected chi connectivity index (χ1v) is 22.2. The maximum atomic E-state index is 12.3. The summed E-state index contributed by atoms with van der Waals surface area (Å²) in [6.07, 6.45) is 0. The van der Waals surface area contributed by atoms with Crippen LogP contribution in [-0.2, 0) is 35.3 Å². The summed E-state index contributed by atoms with van der Waals surface area (Å²) in [4.78, 5) is 13.3. The molecule has 344 valence electrons. The smallest absolute Gasteiger partial charge is 0.872 e. The molecule has 0 spiro atoms. The second-order valence-electron chi connectivity index (χ2n) is 16.5. The molecule has 0 saturated heterocycles. The molecule has 0 unspecified atom stereocenters. The van der Waals surface area contributed by atoms with Crippen LogP contribution < -0.4 is 15.3 Å². The van der Waals surface area contributed by atoms with E-state index >= 15 is 0 Å². The van der Waals surface area contributed by atoms with Gasteiger partial charge >= 0.3 is 25.8 Å². The summed E-state index contributed by atoms with van der Waals surface area (Å²) < 4.78 is 26.6. The van der Waals surface area contributed by atoms with Gasteiger partial charge in [0, 0.05) is 30.9 Å². The summed E-state index contributed by atoms with van der Waals surface area (Å²) in [5.41, 5.74) is 9.23. The van der Waals surface area contributed by atoms with Crippen LogP contribution in [0, 0.1) is 20.8 Å². The molecule has 12 rings (SSSR count). The Labute approximate surface area is 422 Å². The van der Waals surface area contributed by atoms with Crippen LogP contribution in [0.4, 0.5) is 0 Å². The van der Waals surface area contributed by atoms with E-state index in [2.05, 4.69) is 24.4 Å². The Morgan fingerprint density at radius 2 is 0.629 bits per heavy atom. The summed E-state index contributed by atoms with van der Waals surface area (Å²) in [5, 5.41) is 42.6.